The SMILES string of the molecule is N#CCC1CCC(n2c(CC(=O)N3CCC[C@@H]3CO)nc3cnc4[nH]ccc4c32)CC1. The van der Waals surface area contributed by atoms with E-state index in [0.717, 1.165) is 66.4 Å². The molecule has 1 aliphatic heterocycles. The second-order valence-corrected chi connectivity index (χ2v) is 8.91. The molecule has 5 rings (SSSR count). The molecule has 8 nitrogen and oxygen atoms in total. The molecule has 2 N–H and O–H groups in total. The number of likely N-dealkylation sites (tertiary alicyclic amines) is 1. The maximum Gasteiger partial charge on any atom is 0.230 e. The molecule has 2 aliphatic rings. The Morgan fingerprint density at radius 1 is 1.29 bits per heavy atom. The number of amides is 1. The molecule has 0 radical (unpaired) electrons. The topological polar surface area (TPSA) is 111 Å². The van der Waals surface area contributed by atoms with Crippen LogP contribution in [0.25, 0.3) is 22.1 Å². The van der Waals surface area contributed by atoms with Gasteiger partial charge in [0, 0.05) is 30.6 Å². The van der Waals surface area contributed by atoms with Gasteiger partial charge in [0.15, 0.2) is 0 Å². The zero-order valence-electron chi connectivity index (χ0n) is 17.6. The molecule has 0 spiro atoms. The fourth-order valence-electron chi connectivity index (χ4n) is 5.49. The van der Waals surface area contributed by atoms with Crippen LogP contribution >= 0.6 is 0 Å². The summed E-state index contributed by atoms with van der Waals surface area (Å²) in [7, 11) is 0. The molecule has 3 aromatic heterocycles. The molecule has 2 fully saturated rings. The zero-order valence-corrected chi connectivity index (χ0v) is 17.6. The van der Waals surface area contributed by atoms with Crippen molar-refractivity contribution in [3.05, 3.63) is 24.3 Å². The van der Waals surface area contributed by atoms with Crippen molar-refractivity contribution in [2.24, 2.45) is 5.92 Å². The molecular weight excluding hydrogens is 392 g/mol. The van der Waals surface area contributed by atoms with Crippen LogP contribution in [-0.4, -0.2) is 54.6 Å². The van der Waals surface area contributed by atoms with E-state index in [1.54, 1.807) is 6.20 Å². The van der Waals surface area contributed by atoms with Gasteiger partial charge in [0.2, 0.25) is 5.91 Å². The number of imidazole rings is 1. The van der Waals surface area contributed by atoms with E-state index in [9.17, 15) is 9.90 Å². The average molecular weight is 421 g/mol. The van der Waals surface area contributed by atoms with Crippen LogP contribution in [0.3, 0.4) is 0 Å². The summed E-state index contributed by atoms with van der Waals surface area (Å²) in [5.41, 5.74) is 2.68. The normalized spacial score (nSPS) is 24.1. The van der Waals surface area contributed by atoms with E-state index in [4.69, 9.17) is 10.2 Å². The first-order chi connectivity index (χ1) is 15.2. The van der Waals surface area contributed by atoms with Gasteiger partial charge in [0.05, 0.1) is 36.9 Å². The van der Waals surface area contributed by atoms with Gasteiger partial charge in [0.25, 0.3) is 0 Å². The lowest BCUT2D eigenvalue weighted by molar-refractivity contribution is -0.132. The van der Waals surface area contributed by atoms with Crippen LogP contribution in [0.5, 0.6) is 0 Å². The molecule has 0 unspecified atom stereocenters. The molecule has 1 saturated heterocycles. The van der Waals surface area contributed by atoms with Crippen molar-refractivity contribution >= 4 is 28.0 Å². The fraction of sp³-hybridized carbons (Fsp3) is 0.565. The van der Waals surface area contributed by atoms with E-state index in [1.165, 1.54) is 0 Å². The van der Waals surface area contributed by atoms with Crippen molar-refractivity contribution in [2.45, 2.75) is 63.5 Å². The first-order valence-corrected chi connectivity index (χ1v) is 11.3. The number of fused-ring (bicyclic) bond motifs is 3. The van der Waals surface area contributed by atoms with Crippen LogP contribution in [0, 0.1) is 17.2 Å². The molecule has 0 aromatic carbocycles. The zero-order chi connectivity index (χ0) is 21.4. The smallest absolute Gasteiger partial charge is 0.230 e. The monoisotopic (exact) mass is 420 g/mol. The molecule has 0 bridgehead atoms. The Hall–Kier alpha value is -2.92. The second kappa shape index (κ2) is 8.31. The fourth-order valence-corrected chi connectivity index (χ4v) is 5.49. The summed E-state index contributed by atoms with van der Waals surface area (Å²) in [5, 5.41) is 19.7. The van der Waals surface area contributed by atoms with Crippen molar-refractivity contribution in [3.8, 4) is 6.07 Å². The molecule has 8 heteroatoms. The Labute approximate surface area is 180 Å². The molecule has 3 aromatic rings. The first kappa shape index (κ1) is 20.0. The van der Waals surface area contributed by atoms with Crippen LogP contribution in [0.15, 0.2) is 18.5 Å². The highest BCUT2D eigenvalue weighted by Gasteiger charge is 2.31. The summed E-state index contributed by atoms with van der Waals surface area (Å²) >= 11 is 0. The van der Waals surface area contributed by atoms with E-state index in [0.29, 0.717) is 18.9 Å². The molecule has 31 heavy (non-hydrogen) atoms. The van der Waals surface area contributed by atoms with E-state index < -0.39 is 0 Å². The molecule has 1 amide bonds. The van der Waals surface area contributed by atoms with Crippen LogP contribution in [0.1, 0.15) is 56.8 Å². The summed E-state index contributed by atoms with van der Waals surface area (Å²) in [6.07, 6.45) is 10.3. The minimum absolute atomic E-state index is 0.0129. The number of rotatable bonds is 5. The maximum absolute atomic E-state index is 13.2. The Morgan fingerprint density at radius 3 is 2.90 bits per heavy atom. The van der Waals surface area contributed by atoms with Crippen LogP contribution in [0.2, 0.25) is 0 Å². The van der Waals surface area contributed by atoms with Gasteiger partial charge in [-0.15, -0.1) is 0 Å². The maximum atomic E-state index is 13.2. The summed E-state index contributed by atoms with van der Waals surface area (Å²) in [6.45, 7) is 0.714. The summed E-state index contributed by atoms with van der Waals surface area (Å²) in [4.78, 5) is 27.5. The number of carbonyl (C=O) groups excluding carboxylic acids is 1. The number of carbonyl (C=O) groups is 1. The van der Waals surface area contributed by atoms with Crippen molar-refractivity contribution < 1.29 is 9.90 Å². The first-order valence-electron chi connectivity index (χ1n) is 11.3. The predicted octanol–water partition coefficient (Wildman–Crippen LogP) is 3.08. The largest absolute Gasteiger partial charge is 0.394 e. The van der Waals surface area contributed by atoms with Gasteiger partial charge in [0.1, 0.15) is 17.0 Å². The molecule has 1 aliphatic carbocycles. The molecule has 4 heterocycles. The Bertz CT molecular complexity index is 1130. The Balaban J connectivity index is 1.52. The van der Waals surface area contributed by atoms with Gasteiger partial charge in [-0.3, -0.25) is 4.79 Å². The number of nitriles is 1. The standard InChI is InChI=1S/C23H28N6O2/c24-9-7-15-3-5-16(6-4-15)29-20(12-21(31)28-11-1-2-17(28)14-30)27-19-13-26-23-18(22(19)29)8-10-25-23/h8,10,13,15-17,30H,1-7,11-12,14H2,(H,25,26)/t15?,16?,17-/m1/s1. The molecule has 1 saturated carbocycles. The highest BCUT2D eigenvalue weighted by atomic mass is 16.3. The van der Waals surface area contributed by atoms with E-state index >= 15 is 0 Å². The van der Waals surface area contributed by atoms with Crippen molar-refractivity contribution in [3.63, 3.8) is 0 Å². The third-order valence-corrected chi connectivity index (χ3v) is 7.09. The third kappa shape index (κ3) is 3.57. The number of pyridine rings is 1. The summed E-state index contributed by atoms with van der Waals surface area (Å²) in [5.74, 6) is 1.28. The van der Waals surface area contributed by atoms with Gasteiger partial charge in [-0.25, -0.2) is 9.97 Å². The van der Waals surface area contributed by atoms with Crippen molar-refractivity contribution in [1.29, 1.82) is 5.26 Å². The number of hydrogen-bond donors (Lipinski definition) is 2. The van der Waals surface area contributed by atoms with Gasteiger partial charge in [-0.05, 0) is 50.5 Å². The predicted molar refractivity (Wildman–Crippen MR) is 116 cm³/mol. The number of nitrogens with zero attached hydrogens (tertiary/aromatic N) is 5. The second-order valence-electron chi connectivity index (χ2n) is 8.91. The third-order valence-electron chi connectivity index (χ3n) is 7.09. The van der Waals surface area contributed by atoms with Crippen molar-refractivity contribution in [2.75, 3.05) is 13.2 Å². The molecule has 162 valence electrons. The van der Waals surface area contributed by atoms with E-state index in [-0.39, 0.29) is 31.0 Å². The lowest BCUT2D eigenvalue weighted by atomic mass is 9.84. The van der Waals surface area contributed by atoms with Crippen LogP contribution in [0.4, 0.5) is 0 Å². The quantitative estimate of drug-likeness (QED) is 0.659. The van der Waals surface area contributed by atoms with E-state index in [2.05, 4.69) is 20.6 Å². The van der Waals surface area contributed by atoms with Gasteiger partial charge < -0.3 is 19.6 Å². The molecular formula is C23H28N6O2. The Morgan fingerprint density at radius 2 is 2.13 bits per heavy atom. The number of aromatic nitrogens is 4. The molecule has 1 atom stereocenters. The van der Waals surface area contributed by atoms with Gasteiger partial charge in [-0.2, -0.15) is 5.26 Å². The summed E-state index contributed by atoms with van der Waals surface area (Å²) in [6, 6.07) is 4.52. The van der Waals surface area contributed by atoms with Crippen LogP contribution < -0.4 is 0 Å². The average Bonchev–Trinajstić information content (AvgIpc) is 3.51. The highest BCUT2D eigenvalue weighted by Crippen LogP contribution is 2.38. The lowest BCUT2D eigenvalue weighted by Gasteiger charge is -2.30. The number of nitrogens with one attached hydrogen (secondary N) is 1. The number of aliphatic hydroxyl groups excluding tert-OH is 1. The minimum atomic E-state index is -0.0789. The van der Waals surface area contributed by atoms with Crippen LogP contribution in [-0.2, 0) is 11.2 Å². The number of H-pyrrole nitrogens is 1. The van der Waals surface area contributed by atoms with Gasteiger partial charge >= 0.3 is 0 Å². The Kier molecular flexibility index (Phi) is 5.36. The lowest BCUT2D eigenvalue weighted by Crippen LogP contribution is -2.39. The highest BCUT2D eigenvalue weighted by molar-refractivity contribution is 6.01. The summed E-state index contributed by atoms with van der Waals surface area (Å²) < 4.78 is 2.28. The van der Waals surface area contributed by atoms with Gasteiger partial charge in [-0.1, -0.05) is 0 Å². The number of aromatic amines is 1. The van der Waals surface area contributed by atoms with E-state index in [1.807, 2.05) is 17.2 Å². The van der Waals surface area contributed by atoms with Crippen molar-refractivity contribution in [1.82, 2.24) is 24.4 Å². The number of hydrogen-bond acceptors (Lipinski definition) is 5. The number of aliphatic hydroxyl groups is 1. The minimum Gasteiger partial charge on any atom is -0.394 e.